The van der Waals surface area contributed by atoms with E-state index in [2.05, 4.69) is 5.32 Å². The number of nitrogens with zero attached hydrogens (tertiary/aromatic N) is 2. The van der Waals surface area contributed by atoms with Crippen molar-refractivity contribution in [3.8, 4) is 5.75 Å². The van der Waals surface area contributed by atoms with Crippen LogP contribution >= 0.6 is 11.3 Å². The molecule has 6 nitrogen and oxygen atoms in total. The molecule has 3 amide bonds. The highest BCUT2D eigenvalue weighted by molar-refractivity contribution is 7.10. The van der Waals surface area contributed by atoms with Crippen LogP contribution in [0.4, 0.5) is 9.18 Å². The molecule has 2 heterocycles. The van der Waals surface area contributed by atoms with Gasteiger partial charge in [0.25, 0.3) is 0 Å². The third kappa shape index (κ3) is 6.25. The van der Waals surface area contributed by atoms with Crippen molar-refractivity contribution in [3.63, 3.8) is 0 Å². The van der Waals surface area contributed by atoms with Crippen LogP contribution in [-0.2, 0) is 11.2 Å². The summed E-state index contributed by atoms with van der Waals surface area (Å²) in [4.78, 5) is 31.0. The van der Waals surface area contributed by atoms with Gasteiger partial charge in [-0.1, -0.05) is 19.1 Å². The van der Waals surface area contributed by atoms with Gasteiger partial charge in [0.2, 0.25) is 5.91 Å². The zero-order valence-electron chi connectivity index (χ0n) is 20.1. The number of rotatable bonds is 7. The Hall–Kier alpha value is -2.61. The van der Waals surface area contributed by atoms with Gasteiger partial charge in [-0.3, -0.25) is 4.79 Å². The molecule has 1 aromatic carbocycles. The van der Waals surface area contributed by atoms with Gasteiger partial charge in [-0.15, -0.1) is 11.3 Å². The Labute approximate surface area is 199 Å². The van der Waals surface area contributed by atoms with Crippen LogP contribution in [-0.4, -0.2) is 53.0 Å². The standard InChI is InChI=1S/C25H34FN3O3S/c1-6-17(2)29(24(31)27-25(3,4)5)15-23(30)28-13-11-22-18(12-14-33-22)20(28)16-32-21-10-8-7-9-19(21)26/h7-10,12,14,17,20H,6,11,13,15-16H2,1-5H3,(H,27,31)/t17-,20-/m0/s1. The minimum absolute atomic E-state index is 0.0212. The van der Waals surface area contributed by atoms with Crippen LogP contribution in [0.3, 0.4) is 0 Å². The van der Waals surface area contributed by atoms with Gasteiger partial charge in [-0.2, -0.15) is 0 Å². The third-order valence-electron chi connectivity index (χ3n) is 5.82. The minimum atomic E-state index is -0.432. The Kier molecular flexibility index (Phi) is 8.00. The monoisotopic (exact) mass is 475 g/mol. The molecule has 1 N–H and O–H groups in total. The van der Waals surface area contributed by atoms with Gasteiger partial charge in [0.1, 0.15) is 13.2 Å². The lowest BCUT2D eigenvalue weighted by molar-refractivity contribution is -0.136. The lowest BCUT2D eigenvalue weighted by Crippen LogP contribution is -2.55. The Morgan fingerprint density at radius 1 is 1.30 bits per heavy atom. The number of para-hydroxylation sites is 1. The summed E-state index contributed by atoms with van der Waals surface area (Å²) in [6, 6.07) is 7.60. The molecule has 1 aliphatic rings. The number of thiophene rings is 1. The summed E-state index contributed by atoms with van der Waals surface area (Å²) in [5.74, 6) is -0.407. The number of urea groups is 1. The normalized spacial score (nSPS) is 16.7. The van der Waals surface area contributed by atoms with E-state index in [1.54, 1.807) is 39.3 Å². The van der Waals surface area contributed by atoms with E-state index in [0.29, 0.717) is 6.54 Å². The molecule has 180 valence electrons. The van der Waals surface area contributed by atoms with Crippen molar-refractivity contribution in [3.05, 3.63) is 52.0 Å². The zero-order chi connectivity index (χ0) is 24.2. The number of amides is 3. The SMILES string of the molecule is CC[C@H](C)N(CC(=O)N1CCc2sccc2[C@@H]1COc1ccccc1F)C(=O)NC(C)(C)C. The minimum Gasteiger partial charge on any atom is -0.488 e. The molecule has 0 bridgehead atoms. The fourth-order valence-electron chi connectivity index (χ4n) is 3.88. The van der Waals surface area contributed by atoms with Gasteiger partial charge in [-0.05, 0) is 69.7 Å². The van der Waals surface area contributed by atoms with Crippen LogP contribution in [0.5, 0.6) is 5.75 Å². The summed E-state index contributed by atoms with van der Waals surface area (Å²) in [5, 5.41) is 4.98. The van der Waals surface area contributed by atoms with Gasteiger partial charge in [-0.25, -0.2) is 9.18 Å². The van der Waals surface area contributed by atoms with Gasteiger partial charge < -0.3 is 19.9 Å². The fraction of sp³-hybridized carbons (Fsp3) is 0.520. The molecule has 0 spiro atoms. The smallest absolute Gasteiger partial charge is 0.318 e. The summed E-state index contributed by atoms with van der Waals surface area (Å²) in [6.07, 6.45) is 1.49. The van der Waals surface area contributed by atoms with Crippen molar-refractivity contribution in [2.24, 2.45) is 0 Å². The van der Waals surface area contributed by atoms with Crippen LogP contribution in [0.25, 0.3) is 0 Å². The number of hydrogen-bond donors (Lipinski definition) is 1. The largest absolute Gasteiger partial charge is 0.488 e. The highest BCUT2D eigenvalue weighted by Crippen LogP contribution is 2.34. The maximum absolute atomic E-state index is 14.1. The summed E-state index contributed by atoms with van der Waals surface area (Å²) in [6.45, 7) is 10.4. The van der Waals surface area contributed by atoms with Crippen molar-refractivity contribution < 1.29 is 18.7 Å². The molecular weight excluding hydrogens is 441 g/mol. The number of carbonyl (C=O) groups is 2. The molecule has 0 saturated carbocycles. The Bertz CT molecular complexity index is 972. The second kappa shape index (κ2) is 10.5. The number of nitrogens with one attached hydrogen (secondary N) is 1. The Morgan fingerprint density at radius 2 is 2.03 bits per heavy atom. The van der Waals surface area contributed by atoms with E-state index in [1.807, 2.05) is 46.1 Å². The summed E-state index contributed by atoms with van der Waals surface area (Å²) in [5.41, 5.74) is 0.628. The van der Waals surface area contributed by atoms with Crippen molar-refractivity contribution in [2.75, 3.05) is 19.7 Å². The van der Waals surface area contributed by atoms with Gasteiger partial charge in [0.15, 0.2) is 11.6 Å². The number of benzene rings is 1. The lowest BCUT2D eigenvalue weighted by atomic mass is 10.00. The second-order valence-corrected chi connectivity index (χ2v) is 10.5. The first-order chi connectivity index (χ1) is 15.6. The Balaban J connectivity index is 1.80. The fourth-order valence-corrected chi connectivity index (χ4v) is 4.81. The topological polar surface area (TPSA) is 61.9 Å². The maximum Gasteiger partial charge on any atom is 0.318 e. The van der Waals surface area contributed by atoms with E-state index in [4.69, 9.17) is 4.74 Å². The molecule has 0 fully saturated rings. The zero-order valence-corrected chi connectivity index (χ0v) is 20.9. The van der Waals surface area contributed by atoms with Crippen molar-refractivity contribution in [1.29, 1.82) is 0 Å². The lowest BCUT2D eigenvalue weighted by Gasteiger charge is -2.38. The van der Waals surface area contributed by atoms with E-state index >= 15 is 0 Å². The predicted molar refractivity (Wildman–Crippen MR) is 129 cm³/mol. The summed E-state index contributed by atoms with van der Waals surface area (Å²) < 4.78 is 19.9. The van der Waals surface area contributed by atoms with Crippen molar-refractivity contribution >= 4 is 23.3 Å². The first-order valence-electron chi connectivity index (χ1n) is 11.4. The molecule has 0 saturated heterocycles. The van der Waals surface area contributed by atoms with E-state index in [0.717, 1.165) is 18.4 Å². The molecule has 2 aromatic rings. The molecular formula is C25H34FN3O3S. The average Bonchev–Trinajstić information content (AvgIpc) is 3.24. The summed E-state index contributed by atoms with van der Waals surface area (Å²) >= 11 is 1.66. The molecule has 1 aliphatic heterocycles. The number of halogens is 1. The van der Waals surface area contributed by atoms with Crippen LogP contribution in [0.1, 0.15) is 57.5 Å². The third-order valence-corrected chi connectivity index (χ3v) is 6.82. The van der Waals surface area contributed by atoms with Crippen LogP contribution in [0, 0.1) is 5.82 Å². The van der Waals surface area contributed by atoms with E-state index in [1.165, 1.54) is 10.9 Å². The molecule has 1 aromatic heterocycles. The first kappa shape index (κ1) is 25.0. The molecule has 2 atom stereocenters. The van der Waals surface area contributed by atoms with E-state index in [-0.39, 0.29) is 42.9 Å². The van der Waals surface area contributed by atoms with Crippen LogP contribution in [0.2, 0.25) is 0 Å². The number of fused-ring (bicyclic) bond motifs is 1. The maximum atomic E-state index is 14.1. The molecule has 0 unspecified atom stereocenters. The molecule has 33 heavy (non-hydrogen) atoms. The first-order valence-corrected chi connectivity index (χ1v) is 12.3. The Morgan fingerprint density at radius 3 is 2.70 bits per heavy atom. The molecule has 0 aliphatic carbocycles. The van der Waals surface area contributed by atoms with Crippen molar-refractivity contribution in [1.82, 2.24) is 15.1 Å². The average molecular weight is 476 g/mol. The molecule has 8 heteroatoms. The quantitative estimate of drug-likeness (QED) is 0.613. The second-order valence-electron chi connectivity index (χ2n) is 9.46. The van der Waals surface area contributed by atoms with E-state index in [9.17, 15) is 14.0 Å². The van der Waals surface area contributed by atoms with Gasteiger partial charge in [0, 0.05) is 23.0 Å². The van der Waals surface area contributed by atoms with Gasteiger partial charge in [0.05, 0.1) is 6.04 Å². The van der Waals surface area contributed by atoms with Gasteiger partial charge >= 0.3 is 6.03 Å². The highest BCUT2D eigenvalue weighted by Gasteiger charge is 2.34. The number of ether oxygens (including phenoxy) is 1. The number of hydrogen-bond acceptors (Lipinski definition) is 4. The molecule has 0 radical (unpaired) electrons. The van der Waals surface area contributed by atoms with Crippen molar-refractivity contribution in [2.45, 2.75) is 65.1 Å². The van der Waals surface area contributed by atoms with Crippen LogP contribution < -0.4 is 10.1 Å². The highest BCUT2D eigenvalue weighted by atomic mass is 32.1. The predicted octanol–water partition coefficient (Wildman–Crippen LogP) is 5.00. The number of carbonyl (C=O) groups excluding carboxylic acids is 2. The molecule has 3 rings (SSSR count). The van der Waals surface area contributed by atoms with Crippen LogP contribution in [0.15, 0.2) is 35.7 Å². The van der Waals surface area contributed by atoms with E-state index < -0.39 is 11.4 Å². The summed E-state index contributed by atoms with van der Waals surface area (Å²) in [7, 11) is 0.